The number of likely N-dealkylation sites (tertiary alicyclic amines) is 1. The highest BCUT2D eigenvalue weighted by atomic mass is 16.4. The molecule has 6 nitrogen and oxygen atoms in total. The minimum Gasteiger partial charge on any atom is -0.476 e. The van der Waals surface area contributed by atoms with Gasteiger partial charge in [-0.15, -0.1) is 5.10 Å². The lowest BCUT2D eigenvalue weighted by Crippen LogP contribution is -2.52. The van der Waals surface area contributed by atoms with Crippen molar-refractivity contribution in [3.8, 4) is 0 Å². The molecule has 1 aliphatic carbocycles. The predicted octanol–water partition coefficient (Wildman–Crippen LogP) is 2.19. The van der Waals surface area contributed by atoms with Gasteiger partial charge in [-0.2, -0.15) is 0 Å². The molecule has 2 fully saturated rings. The molecule has 0 spiro atoms. The van der Waals surface area contributed by atoms with Gasteiger partial charge in [-0.1, -0.05) is 25.5 Å². The molecule has 0 radical (unpaired) electrons. The van der Waals surface area contributed by atoms with Crippen molar-refractivity contribution in [2.24, 2.45) is 5.41 Å². The fraction of sp³-hybridized carbons (Fsp3) is 0.800. The monoisotopic (exact) mass is 292 g/mol. The average Bonchev–Trinajstić information content (AvgIpc) is 2.76. The Labute approximate surface area is 125 Å². The number of aromatic carboxylic acids is 1. The van der Waals surface area contributed by atoms with Gasteiger partial charge >= 0.3 is 5.97 Å². The van der Waals surface area contributed by atoms with E-state index in [0.29, 0.717) is 11.5 Å². The highest BCUT2D eigenvalue weighted by Crippen LogP contribution is 2.37. The quantitative estimate of drug-likeness (QED) is 0.865. The lowest BCUT2D eigenvalue weighted by Gasteiger charge is -2.44. The van der Waals surface area contributed by atoms with Crippen LogP contribution in [0.25, 0.3) is 0 Å². The summed E-state index contributed by atoms with van der Waals surface area (Å²) in [6, 6.07) is 0.965. The molecule has 0 aromatic carbocycles. The third-order valence-corrected chi connectivity index (χ3v) is 5.06. The molecule has 3 rings (SSSR count). The molecule has 0 bridgehead atoms. The van der Waals surface area contributed by atoms with Crippen molar-refractivity contribution < 1.29 is 9.90 Å². The van der Waals surface area contributed by atoms with Gasteiger partial charge in [-0.3, -0.25) is 4.90 Å². The molecule has 1 saturated heterocycles. The van der Waals surface area contributed by atoms with E-state index in [0.717, 1.165) is 13.1 Å². The summed E-state index contributed by atoms with van der Waals surface area (Å²) in [7, 11) is 0. The summed E-state index contributed by atoms with van der Waals surface area (Å²) in [5.41, 5.74) is 0.520. The predicted molar refractivity (Wildman–Crippen MR) is 78.2 cm³/mol. The number of hydrogen-bond donors (Lipinski definition) is 1. The van der Waals surface area contributed by atoms with Crippen LogP contribution in [0.4, 0.5) is 0 Å². The second kappa shape index (κ2) is 5.40. The summed E-state index contributed by atoms with van der Waals surface area (Å²) >= 11 is 0. The van der Waals surface area contributed by atoms with Gasteiger partial charge < -0.3 is 5.11 Å². The van der Waals surface area contributed by atoms with Gasteiger partial charge in [-0.05, 0) is 31.1 Å². The molecule has 1 aliphatic heterocycles. The van der Waals surface area contributed by atoms with Crippen LogP contribution < -0.4 is 0 Å². The Morgan fingerprint density at radius 2 is 2.05 bits per heavy atom. The first kappa shape index (κ1) is 14.5. The van der Waals surface area contributed by atoms with Crippen molar-refractivity contribution in [1.29, 1.82) is 0 Å². The number of nitrogens with zero attached hydrogens (tertiary/aromatic N) is 4. The van der Waals surface area contributed by atoms with E-state index in [1.165, 1.54) is 32.1 Å². The molecule has 1 saturated carbocycles. The Morgan fingerprint density at radius 3 is 2.71 bits per heavy atom. The van der Waals surface area contributed by atoms with Crippen LogP contribution in [0.5, 0.6) is 0 Å². The highest BCUT2D eigenvalue weighted by Gasteiger charge is 2.36. The maximum Gasteiger partial charge on any atom is 0.358 e. The zero-order valence-electron chi connectivity index (χ0n) is 12.8. The van der Waals surface area contributed by atoms with Crippen molar-refractivity contribution >= 4 is 5.97 Å². The molecule has 1 aromatic rings. The molecule has 116 valence electrons. The summed E-state index contributed by atoms with van der Waals surface area (Å²) in [6.45, 7) is 6.68. The molecule has 2 aliphatic rings. The molecule has 6 heteroatoms. The van der Waals surface area contributed by atoms with Gasteiger partial charge in [0.25, 0.3) is 0 Å². The van der Waals surface area contributed by atoms with Gasteiger partial charge in [0.05, 0.1) is 12.2 Å². The lowest BCUT2D eigenvalue weighted by molar-refractivity contribution is 0.0437. The number of carboxylic acid groups (broad SMARTS) is 1. The fourth-order valence-corrected chi connectivity index (χ4v) is 3.51. The Kier molecular flexibility index (Phi) is 3.73. The first-order valence-electron chi connectivity index (χ1n) is 7.84. The second-order valence-corrected chi connectivity index (χ2v) is 7.25. The van der Waals surface area contributed by atoms with E-state index in [1.807, 2.05) is 0 Å². The van der Waals surface area contributed by atoms with Crippen LogP contribution in [0, 0.1) is 5.41 Å². The molecule has 21 heavy (non-hydrogen) atoms. The molecule has 1 unspecified atom stereocenters. The van der Waals surface area contributed by atoms with Crippen molar-refractivity contribution in [2.75, 3.05) is 13.1 Å². The smallest absolute Gasteiger partial charge is 0.358 e. The van der Waals surface area contributed by atoms with Crippen LogP contribution in [0.3, 0.4) is 0 Å². The lowest BCUT2D eigenvalue weighted by atomic mass is 9.85. The maximum atomic E-state index is 10.8. The standard InChI is InChI=1S/C15H24N4O2/c1-15(2)6-3-4-11(5-7-15)18-8-12(9-18)19-10-13(14(20)21)16-17-19/h10-12H,3-9H2,1-2H3,(H,20,21). The molecule has 2 heterocycles. The minimum atomic E-state index is -1.01. The molecule has 1 N–H and O–H groups in total. The molecule has 1 aromatic heterocycles. The Bertz CT molecular complexity index is 519. The van der Waals surface area contributed by atoms with E-state index in [9.17, 15) is 4.79 Å². The normalized spacial score (nSPS) is 27.0. The minimum absolute atomic E-state index is 0.0321. The van der Waals surface area contributed by atoms with Crippen LogP contribution in [-0.2, 0) is 0 Å². The zero-order valence-corrected chi connectivity index (χ0v) is 12.8. The maximum absolute atomic E-state index is 10.8. The third-order valence-electron chi connectivity index (χ3n) is 5.06. The summed E-state index contributed by atoms with van der Waals surface area (Å²) in [6.07, 6.45) is 8.04. The van der Waals surface area contributed by atoms with E-state index in [1.54, 1.807) is 10.9 Å². The van der Waals surface area contributed by atoms with Crippen molar-refractivity contribution in [3.63, 3.8) is 0 Å². The second-order valence-electron chi connectivity index (χ2n) is 7.25. The van der Waals surface area contributed by atoms with Gasteiger partial charge in [-0.25, -0.2) is 9.48 Å². The number of carbonyl (C=O) groups is 1. The molecule has 1 atom stereocenters. The third kappa shape index (κ3) is 3.10. The van der Waals surface area contributed by atoms with Gasteiger partial charge in [0, 0.05) is 19.1 Å². The van der Waals surface area contributed by atoms with E-state index in [4.69, 9.17) is 5.11 Å². The number of rotatable bonds is 3. The molecular weight excluding hydrogens is 268 g/mol. The van der Waals surface area contributed by atoms with Crippen LogP contribution in [0.15, 0.2) is 6.20 Å². The van der Waals surface area contributed by atoms with Crippen LogP contribution in [-0.4, -0.2) is 50.1 Å². The van der Waals surface area contributed by atoms with E-state index in [2.05, 4.69) is 29.1 Å². The van der Waals surface area contributed by atoms with Crippen molar-refractivity contribution in [3.05, 3.63) is 11.9 Å². The first-order valence-corrected chi connectivity index (χ1v) is 7.84. The first-order chi connectivity index (χ1) is 9.94. The van der Waals surface area contributed by atoms with Crippen molar-refractivity contribution in [1.82, 2.24) is 19.9 Å². The summed E-state index contributed by atoms with van der Waals surface area (Å²) in [5.74, 6) is -1.01. The Hall–Kier alpha value is -1.43. The summed E-state index contributed by atoms with van der Waals surface area (Å²) in [5, 5.41) is 16.5. The van der Waals surface area contributed by atoms with Gasteiger partial charge in [0.15, 0.2) is 5.69 Å². The van der Waals surface area contributed by atoms with Gasteiger partial charge in [0.2, 0.25) is 0 Å². The summed E-state index contributed by atoms with van der Waals surface area (Å²) in [4.78, 5) is 13.3. The van der Waals surface area contributed by atoms with Crippen LogP contribution in [0.1, 0.15) is 62.5 Å². The fourth-order valence-electron chi connectivity index (χ4n) is 3.51. The van der Waals surface area contributed by atoms with Crippen LogP contribution >= 0.6 is 0 Å². The molecule has 0 amide bonds. The Morgan fingerprint density at radius 1 is 1.29 bits per heavy atom. The summed E-state index contributed by atoms with van der Waals surface area (Å²) < 4.78 is 1.71. The average molecular weight is 292 g/mol. The SMILES string of the molecule is CC1(C)CCCC(N2CC(n3cc(C(=O)O)nn3)C2)CC1. The van der Waals surface area contributed by atoms with Crippen molar-refractivity contribution in [2.45, 2.75) is 58.0 Å². The van der Waals surface area contributed by atoms with E-state index < -0.39 is 5.97 Å². The number of aromatic nitrogens is 3. The van der Waals surface area contributed by atoms with Crippen LogP contribution in [0.2, 0.25) is 0 Å². The number of hydrogen-bond acceptors (Lipinski definition) is 4. The molecular formula is C15H24N4O2. The van der Waals surface area contributed by atoms with E-state index in [-0.39, 0.29) is 11.7 Å². The highest BCUT2D eigenvalue weighted by molar-refractivity contribution is 5.84. The van der Waals surface area contributed by atoms with Gasteiger partial charge in [0.1, 0.15) is 0 Å². The largest absolute Gasteiger partial charge is 0.476 e. The topological polar surface area (TPSA) is 71.2 Å². The Balaban J connectivity index is 1.54. The number of carboxylic acids is 1. The van der Waals surface area contributed by atoms with E-state index >= 15 is 0 Å². The zero-order chi connectivity index (χ0) is 15.0.